The van der Waals surface area contributed by atoms with Crippen LogP contribution in [0.25, 0.3) is 0 Å². The summed E-state index contributed by atoms with van der Waals surface area (Å²) in [5, 5.41) is 4.23. The van der Waals surface area contributed by atoms with E-state index in [1.165, 1.54) is 18.3 Å². The van der Waals surface area contributed by atoms with E-state index in [1.807, 2.05) is 12.1 Å². The van der Waals surface area contributed by atoms with E-state index in [1.54, 1.807) is 42.5 Å². The molecule has 0 fully saturated rings. The van der Waals surface area contributed by atoms with Crippen LogP contribution < -0.4 is 9.57 Å². The van der Waals surface area contributed by atoms with Crippen molar-refractivity contribution in [3.05, 3.63) is 83.3 Å². The summed E-state index contributed by atoms with van der Waals surface area (Å²) in [7, 11) is -3.70. The first-order chi connectivity index (χ1) is 12.5. The second-order valence-electron chi connectivity index (χ2n) is 5.19. The van der Waals surface area contributed by atoms with Crippen LogP contribution in [0.15, 0.2) is 81.1 Å². The van der Waals surface area contributed by atoms with Crippen molar-refractivity contribution in [2.24, 2.45) is 5.10 Å². The average molecular weight is 391 g/mol. The van der Waals surface area contributed by atoms with E-state index in [-0.39, 0.29) is 11.5 Å². The lowest BCUT2D eigenvalue weighted by Crippen LogP contribution is -2.18. The van der Waals surface area contributed by atoms with Crippen LogP contribution >= 0.6 is 11.6 Å². The third-order valence-electron chi connectivity index (χ3n) is 3.31. The molecule has 3 aromatic rings. The average Bonchev–Trinajstić information content (AvgIpc) is 3.09. The van der Waals surface area contributed by atoms with Gasteiger partial charge in [0.1, 0.15) is 23.9 Å². The summed E-state index contributed by atoms with van der Waals surface area (Å²) >= 11 is 6.02. The minimum atomic E-state index is -3.70. The number of nitrogens with one attached hydrogen (secondary N) is 1. The molecule has 0 aliphatic carbocycles. The Morgan fingerprint density at radius 2 is 1.77 bits per heavy atom. The molecule has 0 saturated heterocycles. The zero-order valence-electron chi connectivity index (χ0n) is 13.5. The zero-order chi connectivity index (χ0) is 18.4. The van der Waals surface area contributed by atoms with Crippen molar-refractivity contribution in [2.45, 2.75) is 11.5 Å². The lowest BCUT2D eigenvalue weighted by atomic mass is 10.3. The summed E-state index contributed by atoms with van der Waals surface area (Å²) in [6.07, 6.45) is 1.28. The van der Waals surface area contributed by atoms with E-state index in [0.29, 0.717) is 22.3 Å². The number of benzene rings is 2. The maximum atomic E-state index is 12.0. The second kappa shape index (κ2) is 8.07. The van der Waals surface area contributed by atoms with E-state index < -0.39 is 10.0 Å². The van der Waals surface area contributed by atoms with Gasteiger partial charge in [0.05, 0.1) is 16.1 Å². The van der Waals surface area contributed by atoms with E-state index >= 15 is 0 Å². The van der Waals surface area contributed by atoms with E-state index in [0.717, 1.165) is 0 Å². The van der Waals surface area contributed by atoms with Crippen molar-refractivity contribution in [1.29, 1.82) is 0 Å². The molecule has 0 aliphatic heterocycles. The van der Waals surface area contributed by atoms with Gasteiger partial charge in [-0.05, 0) is 36.4 Å². The highest BCUT2D eigenvalue weighted by molar-refractivity contribution is 7.89. The molecule has 134 valence electrons. The maximum absolute atomic E-state index is 12.0. The molecule has 6 nitrogen and oxygen atoms in total. The third kappa shape index (κ3) is 4.65. The van der Waals surface area contributed by atoms with Crippen LogP contribution in [0.1, 0.15) is 11.5 Å². The number of hydrogen-bond donors (Lipinski definition) is 1. The molecule has 0 aliphatic rings. The van der Waals surface area contributed by atoms with Gasteiger partial charge >= 0.3 is 0 Å². The zero-order valence-corrected chi connectivity index (χ0v) is 15.1. The number of hydrogen-bond acceptors (Lipinski definition) is 5. The third-order valence-corrected chi connectivity index (χ3v) is 4.86. The van der Waals surface area contributed by atoms with E-state index in [9.17, 15) is 8.42 Å². The second-order valence-corrected chi connectivity index (χ2v) is 7.26. The summed E-state index contributed by atoms with van der Waals surface area (Å²) in [5.41, 5.74) is 0. The van der Waals surface area contributed by atoms with Crippen molar-refractivity contribution < 1.29 is 17.6 Å². The Bertz CT molecular complexity index is 1000. The summed E-state index contributed by atoms with van der Waals surface area (Å²) in [6.45, 7) is 0.188. The molecule has 2 aromatic carbocycles. The number of furan rings is 1. The Hall–Kier alpha value is -2.77. The summed E-state index contributed by atoms with van der Waals surface area (Å²) in [6, 6.07) is 18.5. The van der Waals surface area contributed by atoms with Gasteiger partial charge in [-0.25, -0.2) is 0 Å². The van der Waals surface area contributed by atoms with Gasteiger partial charge < -0.3 is 9.15 Å². The van der Waals surface area contributed by atoms with Crippen LogP contribution in [-0.4, -0.2) is 14.6 Å². The Labute approximate surface area is 156 Å². The standard InChI is InChI=1S/C18H15ClN2O4S/c19-17-8-4-5-9-18(17)24-13-15-11-10-14(25-15)12-20-21-26(22,23)16-6-2-1-3-7-16/h1-12,21H,13H2/b20-12-. The molecule has 0 bridgehead atoms. The van der Waals surface area contributed by atoms with Crippen LogP contribution in [0.2, 0.25) is 5.02 Å². The van der Waals surface area contributed by atoms with Gasteiger partial charge in [-0.15, -0.1) is 0 Å². The van der Waals surface area contributed by atoms with Gasteiger partial charge in [-0.1, -0.05) is 41.9 Å². The number of sulfonamides is 1. The first-order valence-electron chi connectivity index (χ1n) is 7.60. The molecule has 1 aromatic heterocycles. The first kappa shape index (κ1) is 18.0. The van der Waals surface area contributed by atoms with E-state index in [4.69, 9.17) is 20.8 Å². The number of para-hydroxylation sites is 1. The quantitative estimate of drug-likeness (QED) is 0.491. The number of hydrazone groups is 1. The van der Waals surface area contributed by atoms with Gasteiger partial charge in [-0.2, -0.15) is 18.4 Å². The molecule has 26 heavy (non-hydrogen) atoms. The molecule has 1 N–H and O–H groups in total. The van der Waals surface area contributed by atoms with Crippen LogP contribution in [-0.2, 0) is 16.6 Å². The van der Waals surface area contributed by atoms with Gasteiger partial charge in [0.15, 0.2) is 0 Å². The monoisotopic (exact) mass is 390 g/mol. The molecule has 0 unspecified atom stereocenters. The summed E-state index contributed by atoms with van der Waals surface area (Å²) in [4.78, 5) is 2.26. The largest absolute Gasteiger partial charge is 0.484 e. The molecule has 3 rings (SSSR count). The fraction of sp³-hybridized carbons (Fsp3) is 0.0556. The predicted octanol–water partition coefficient (Wildman–Crippen LogP) is 3.82. The number of nitrogens with zero attached hydrogens (tertiary/aromatic N) is 1. The summed E-state index contributed by atoms with van der Waals surface area (Å²) in [5.74, 6) is 1.49. The minimum Gasteiger partial charge on any atom is -0.484 e. The number of halogens is 1. The van der Waals surface area contributed by atoms with Gasteiger partial charge in [0.2, 0.25) is 0 Å². The Morgan fingerprint density at radius 3 is 2.54 bits per heavy atom. The van der Waals surface area contributed by atoms with Gasteiger partial charge in [0.25, 0.3) is 10.0 Å². The normalized spacial score (nSPS) is 11.6. The van der Waals surface area contributed by atoms with E-state index in [2.05, 4.69) is 9.93 Å². The van der Waals surface area contributed by atoms with Crippen molar-refractivity contribution in [3.63, 3.8) is 0 Å². The van der Waals surface area contributed by atoms with Crippen LogP contribution in [0.5, 0.6) is 5.75 Å². The minimum absolute atomic E-state index is 0.130. The van der Waals surface area contributed by atoms with Crippen molar-refractivity contribution >= 4 is 27.8 Å². The fourth-order valence-corrected chi connectivity index (χ4v) is 3.07. The molecule has 0 radical (unpaired) electrons. The topological polar surface area (TPSA) is 80.9 Å². The SMILES string of the molecule is O=S(=O)(N/N=C\c1ccc(COc2ccccc2Cl)o1)c1ccccc1. The molecule has 0 spiro atoms. The highest BCUT2D eigenvalue weighted by Gasteiger charge is 2.11. The van der Waals surface area contributed by atoms with Gasteiger partial charge in [-0.3, -0.25) is 0 Å². The van der Waals surface area contributed by atoms with Crippen LogP contribution in [0.3, 0.4) is 0 Å². The molecular weight excluding hydrogens is 376 g/mol. The Morgan fingerprint density at radius 1 is 1.04 bits per heavy atom. The van der Waals surface area contributed by atoms with Crippen molar-refractivity contribution in [2.75, 3.05) is 0 Å². The predicted molar refractivity (Wildman–Crippen MR) is 98.8 cm³/mol. The molecule has 0 atom stereocenters. The van der Waals surface area contributed by atoms with Crippen molar-refractivity contribution in [3.8, 4) is 5.75 Å². The Balaban J connectivity index is 1.58. The molecular formula is C18H15ClN2O4S. The highest BCUT2D eigenvalue weighted by atomic mass is 35.5. The molecule has 0 saturated carbocycles. The lowest BCUT2D eigenvalue weighted by Gasteiger charge is -2.05. The molecule has 1 heterocycles. The highest BCUT2D eigenvalue weighted by Crippen LogP contribution is 2.24. The maximum Gasteiger partial charge on any atom is 0.276 e. The van der Waals surface area contributed by atoms with Crippen LogP contribution in [0, 0.1) is 0 Å². The number of rotatable bonds is 7. The fourth-order valence-electron chi connectivity index (χ4n) is 2.06. The van der Waals surface area contributed by atoms with Crippen molar-refractivity contribution in [1.82, 2.24) is 4.83 Å². The van der Waals surface area contributed by atoms with Gasteiger partial charge in [0, 0.05) is 0 Å². The smallest absolute Gasteiger partial charge is 0.276 e. The lowest BCUT2D eigenvalue weighted by molar-refractivity contribution is 0.270. The number of ether oxygens (including phenoxy) is 1. The first-order valence-corrected chi connectivity index (χ1v) is 9.47. The molecule has 0 amide bonds. The Kier molecular flexibility index (Phi) is 5.60. The van der Waals surface area contributed by atoms with Crippen LogP contribution in [0.4, 0.5) is 0 Å². The summed E-state index contributed by atoms with van der Waals surface area (Å²) < 4.78 is 35.1. The molecule has 8 heteroatoms.